The van der Waals surface area contributed by atoms with Gasteiger partial charge < -0.3 is 14.5 Å². The maximum Gasteiger partial charge on any atom is 0.267 e. The van der Waals surface area contributed by atoms with Crippen LogP contribution in [0.15, 0.2) is 54.7 Å². The summed E-state index contributed by atoms with van der Waals surface area (Å²) in [7, 11) is 0. The van der Waals surface area contributed by atoms with Crippen LogP contribution in [-0.2, 0) is 27.1 Å². The number of para-hydroxylation sites is 1. The number of nitrogens with zero attached hydrogens (tertiary/aromatic N) is 2. The molecular formula is C30H38N4O4. The van der Waals surface area contributed by atoms with Gasteiger partial charge in [0.15, 0.2) is 0 Å². The largest absolute Gasteiger partial charge is 0.379 e. The number of hydrogen-bond donors (Lipinski definition) is 3. The van der Waals surface area contributed by atoms with Crippen molar-refractivity contribution in [1.29, 1.82) is 0 Å². The monoisotopic (exact) mass is 518 g/mol. The van der Waals surface area contributed by atoms with Crippen molar-refractivity contribution in [2.45, 2.75) is 25.3 Å². The van der Waals surface area contributed by atoms with Gasteiger partial charge in [0.25, 0.3) is 5.91 Å². The second kappa shape index (κ2) is 13.2. The molecule has 1 unspecified atom stereocenters. The van der Waals surface area contributed by atoms with E-state index >= 15 is 0 Å². The van der Waals surface area contributed by atoms with Gasteiger partial charge in [-0.05, 0) is 53.7 Å². The Balaban J connectivity index is 1.24. The zero-order chi connectivity index (χ0) is 26.2. The molecule has 2 aromatic carbocycles. The molecule has 1 aliphatic carbocycles. The fourth-order valence-corrected chi connectivity index (χ4v) is 5.64. The van der Waals surface area contributed by atoms with Gasteiger partial charge in [0.2, 0.25) is 0 Å². The van der Waals surface area contributed by atoms with Gasteiger partial charge in [-0.25, -0.2) is 5.48 Å². The minimum absolute atomic E-state index is 0.344. The van der Waals surface area contributed by atoms with E-state index in [1.165, 1.54) is 33.7 Å². The highest BCUT2D eigenvalue weighted by molar-refractivity contribution is 5.90. The third-order valence-corrected chi connectivity index (χ3v) is 7.71. The molecule has 3 N–H and O–H groups in total. The molecule has 1 amide bonds. The predicted octanol–water partition coefficient (Wildman–Crippen LogP) is 3.57. The molecule has 1 atom stereocenters. The van der Waals surface area contributed by atoms with Crippen LogP contribution in [-0.4, -0.2) is 85.0 Å². The molecule has 0 radical (unpaired) electrons. The van der Waals surface area contributed by atoms with E-state index < -0.39 is 5.91 Å². The Hall–Kier alpha value is -3.01. The molecule has 202 valence electrons. The average Bonchev–Trinajstić information content (AvgIpc) is 3.58. The van der Waals surface area contributed by atoms with E-state index in [0.29, 0.717) is 12.6 Å². The number of morpholine rings is 1. The summed E-state index contributed by atoms with van der Waals surface area (Å²) in [6.07, 6.45) is 8.27. The molecule has 5 rings (SSSR count). The van der Waals surface area contributed by atoms with Gasteiger partial charge in [0.05, 0.1) is 26.4 Å². The molecule has 0 spiro atoms. The van der Waals surface area contributed by atoms with Crippen LogP contribution >= 0.6 is 0 Å². The Morgan fingerprint density at radius 2 is 2.05 bits per heavy atom. The quantitative estimate of drug-likeness (QED) is 0.147. The summed E-state index contributed by atoms with van der Waals surface area (Å²) in [6, 6.07) is 15.2. The predicted molar refractivity (Wildman–Crippen MR) is 148 cm³/mol. The van der Waals surface area contributed by atoms with Crippen molar-refractivity contribution in [1.82, 2.24) is 20.3 Å². The summed E-state index contributed by atoms with van der Waals surface area (Å²) in [4.78, 5) is 19.8. The number of rotatable bonds is 12. The topological polar surface area (TPSA) is 90.1 Å². The van der Waals surface area contributed by atoms with Crippen molar-refractivity contribution in [3.05, 3.63) is 77.0 Å². The fourth-order valence-electron chi connectivity index (χ4n) is 5.64. The van der Waals surface area contributed by atoms with Gasteiger partial charge in [-0.3, -0.25) is 19.8 Å². The number of amides is 1. The van der Waals surface area contributed by atoms with Crippen molar-refractivity contribution in [3.63, 3.8) is 0 Å². The number of nitrogens with one attached hydrogen (secondary N) is 2. The van der Waals surface area contributed by atoms with Crippen molar-refractivity contribution < 1.29 is 19.5 Å². The van der Waals surface area contributed by atoms with Crippen LogP contribution in [0.1, 0.15) is 34.7 Å². The first-order chi connectivity index (χ1) is 18.7. The lowest BCUT2D eigenvalue weighted by Gasteiger charge is -2.30. The van der Waals surface area contributed by atoms with Gasteiger partial charge in [0, 0.05) is 61.9 Å². The van der Waals surface area contributed by atoms with Gasteiger partial charge in [-0.2, -0.15) is 0 Å². The molecule has 1 saturated heterocycles. The van der Waals surface area contributed by atoms with Gasteiger partial charge in [-0.15, -0.1) is 0 Å². The van der Waals surface area contributed by atoms with Gasteiger partial charge in [0.1, 0.15) is 0 Å². The zero-order valence-corrected chi connectivity index (χ0v) is 21.9. The van der Waals surface area contributed by atoms with E-state index in [2.05, 4.69) is 63.4 Å². The van der Waals surface area contributed by atoms with Crippen molar-refractivity contribution in [3.8, 4) is 0 Å². The fraction of sp³-hybridized carbons (Fsp3) is 0.433. The number of hydroxylamine groups is 1. The van der Waals surface area contributed by atoms with Crippen LogP contribution in [0.3, 0.4) is 0 Å². The highest BCUT2D eigenvalue weighted by atomic mass is 16.5. The zero-order valence-electron chi connectivity index (χ0n) is 21.9. The number of hydrogen-bond acceptors (Lipinski definition) is 6. The number of benzene rings is 2. The highest BCUT2D eigenvalue weighted by Gasteiger charge is 2.28. The first-order valence-corrected chi connectivity index (χ1v) is 13.6. The third-order valence-electron chi connectivity index (χ3n) is 7.71. The lowest BCUT2D eigenvalue weighted by molar-refractivity contribution is -0.124. The standard InChI is InChI=1S/C30H38N4O4/c35-30(32-36)10-6-23-5-8-27-24(21-23)7-9-29(27)34(16-20-38-19-15-33-13-17-37-18-14-33)12-11-25-22-31-28-4-2-1-3-26(25)28/h1-6,8,10,21-22,29,31,36H,7,9,11-20H2,(H,32,35)/b10-6+. The van der Waals surface area contributed by atoms with E-state index in [1.807, 2.05) is 0 Å². The molecule has 1 fully saturated rings. The number of H-pyrrole nitrogens is 1. The second-order valence-electron chi connectivity index (χ2n) is 10.0. The van der Waals surface area contributed by atoms with Crippen LogP contribution in [0.25, 0.3) is 17.0 Å². The molecule has 1 aromatic heterocycles. The van der Waals surface area contributed by atoms with Crippen LogP contribution in [0, 0.1) is 0 Å². The summed E-state index contributed by atoms with van der Waals surface area (Å²) in [5.41, 5.74) is 7.82. The smallest absolute Gasteiger partial charge is 0.267 e. The number of ether oxygens (including phenoxy) is 2. The molecule has 0 saturated carbocycles. The van der Waals surface area contributed by atoms with Gasteiger partial charge in [-0.1, -0.05) is 36.4 Å². The first kappa shape index (κ1) is 26.6. The molecule has 2 heterocycles. The molecule has 8 heteroatoms. The van der Waals surface area contributed by atoms with E-state index in [-0.39, 0.29) is 0 Å². The number of carbonyl (C=O) groups excluding carboxylic acids is 1. The van der Waals surface area contributed by atoms with E-state index in [4.69, 9.17) is 14.7 Å². The number of fused-ring (bicyclic) bond motifs is 2. The summed E-state index contributed by atoms with van der Waals surface area (Å²) in [6.45, 7) is 7.85. The van der Waals surface area contributed by atoms with Crippen molar-refractivity contribution in [2.75, 3.05) is 59.2 Å². The molecule has 8 nitrogen and oxygen atoms in total. The minimum Gasteiger partial charge on any atom is -0.379 e. The summed E-state index contributed by atoms with van der Waals surface area (Å²) >= 11 is 0. The first-order valence-electron chi connectivity index (χ1n) is 13.6. The van der Waals surface area contributed by atoms with Crippen LogP contribution in [0.2, 0.25) is 0 Å². The summed E-state index contributed by atoms with van der Waals surface area (Å²) < 4.78 is 11.6. The van der Waals surface area contributed by atoms with Crippen LogP contribution < -0.4 is 5.48 Å². The maximum absolute atomic E-state index is 11.4. The van der Waals surface area contributed by atoms with Crippen molar-refractivity contribution >= 4 is 22.9 Å². The lowest BCUT2D eigenvalue weighted by atomic mass is 10.0. The minimum atomic E-state index is -0.527. The van der Waals surface area contributed by atoms with E-state index in [1.54, 1.807) is 11.6 Å². The van der Waals surface area contributed by atoms with E-state index in [0.717, 1.165) is 77.4 Å². The summed E-state index contributed by atoms with van der Waals surface area (Å²) in [5, 5.41) is 10.0. The molecule has 0 bridgehead atoms. The Labute approximate surface area is 224 Å². The van der Waals surface area contributed by atoms with Crippen molar-refractivity contribution in [2.24, 2.45) is 0 Å². The summed E-state index contributed by atoms with van der Waals surface area (Å²) in [5.74, 6) is -0.527. The Bertz CT molecular complexity index is 1230. The number of carbonyl (C=O) groups is 1. The maximum atomic E-state index is 11.4. The Morgan fingerprint density at radius 3 is 2.92 bits per heavy atom. The average molecular weight is 519 g/mol. The number of aromatic amines is 1. The van der Waals surface area contributed by atoms with Gasteiger partial charge >= 0.3 is 0 Å². The molecule has 3 aromatic rings. The number of aromatic nitrogens is 1. The molecule has 1 aliphatic heterocycles. The van der Waals surface area contributed by atoms with E-state index in [9.17, 15) is 4.79 Å². The molecule has 38 heavy (non-hydrogen) atoms. The molecular weight excluding hydrogens is 480 g/mol. The third kappa shape index (κ3) is 6.70. The normalized spacial score (nSPS) is 18.0. The lowest BCUT2D eigenvalue weighted by Crippen LogP contribution is -2.38. The SMILES string of the molecule is O=C(/C=C/c1ccc2c(c1)CCC2N(CCOCCN1CCOCC1)CCc1c[nH]c2ccccc12)NO. The van der Waals surface area contributed by atoms with Crippen LogP contribution in [0.4, 0.5) is 0 Å². The second-order valence-corrected chi connectivity index (χ2v) is 10.0. The Morgan fingerprint density at radius 1 is 1.18 bits per heavy atom. The Kier molecular flexibility index (Phi) is 9.22. The number of aryl methyl sites for hydroxylation is 1. The van der Waals surface area contributed by atoms with Crippen LogP contribution in [0.5, 0.6) is 0 Å². The highest BCUT2D eigenvalue weighted by Crippen LogP contribution is 2.36. The molecule has 2 aliphatic rings.